The number of rotatable bonds is 1. The second-order valence-electron chi connectivity index (χ2n) is 1.36. The molecule has 0 rings (SSSR count). The van der Waals surface area contributed by atoms with Crippen molar-refractivity contribution < 1.29 is 9.09 Å². The summed E-state index contributed by atoms with van der Waals surface area (Å²) in [7, 11) is 4.61. The van der Waals surface area contributed by atoms with Crippen molar-refractivity contribution in [2.75, 3.05) is 0 Å². The van der Waals surface area contributed by atoms with Gasteiger partial charge in [0.15, 0.2) is 0 Å². The molecule has 24 valence electrons. The standard InChI is InChI=1S/CHO2P.2Na/c1-3-4-2;;/h1H;;. The van der Waals surface area contributed by atoms with Gasteiger partial charge in [0, 0.05) is 0 Å². The Morgan fingerprint density at radius 3 is 1.83 bits per heavy atom. The molecule has 0 aliphatic heterocycles. The molecule has 0 aromatic rings. The molecule has 2 nitrogen and oxygen atoms in total. The summed E-state index contributed by atoms with van der Waals surface area (Å²) in [5.41, 5.74) is 0. The minimum absolute atomic E-state index is 0.599. The van der Waals surface area contributed by atoms with Crippen molar-refractivity contribution in [2.24, 2.45) is 0 Å². The van der Waals surface area contributed by atoms with E-state index in [0.29, 0.717) is 54.6 Å². The first-order valence-electron chi connectivity index (χ1n) is 1.50. The van der Waals surface area contributed by atoms with Crippen molar-refractivity contribution in [3.05, 3.63) is 7.11 Å². The third-order valence-corrected chi connectivity index (χ3v) is 2.03. The van der Waals surface area contributed by atoms with Gasteiger partial charge in [0.1, 0.15) is 0 Å². The monoisotopic (exact) mass is 122 g/mol. The predicted molar refractivity (Wildman–Crippen MR) is 24.5 cm³/mol. The second kappa shape index (κ2) is 3.26. The van der Waals surface area contributed by atoms with E-state index in [-0.39, 0.29) is 0 Å². The summed E-state index contributed by atoms with van der Waals surface area (Å²) in [6, 6.07) is 0. The fourth-order valence-corrected chi connectivity index (χ4v) is 0. The third kappa shape index (κ3) is 6.19. The summed E-state index contributed by atoms with van der Waals surface area (Å²) in [6.45, 7) is 0. The quantitative estimate of drug-likeness (QED) is 0.364. The summed E-state index contributed by atoms with van der Waals surface area (Å²) in [6.07, 6.45) is 0. The van der Waals surface area contributed by atoms with Crippen LogP contribution < -0.4 is 0 Å². The third-order valence-electron chi connectivity index (χ3n) is 0.254. The molecule has 5 heteroatoms. The van der Waals surface area contributed by atoms with E-state index >= 15 is 0 Å². The molecule has 0 atom stereocenters. The van der Waals surface area contributed by atoms with Crippen molar-refractivity contribution in [1.82, 2.24) is 0 Å². The molecule has 0 saturated carbocycles. The number of hydrogen-bond donors (Lipinski definition) is 0. The Balaban J connectivity index is 3.48. The topological polar surface area (TPSA) is 26.3 Å². The van der Waals surface area contributed by atoms with Gasteiger partial charge in [-0.25, -0.2) is 0 Å². The summed E-state index contributed by atoms with van der Waals surface area (Å²) < 4.78 is 12.4. The van der Waals surface area contributed by atoms with Crippen molar-refractivity contribution >= 4 is 55.5 Å². The molecule has 0 aromatic heterocycles. The molecule has 0 spiro atoms. The van der Waals surface area contributed by atoms with E-state index in [2.05, 4.69) is 11.6 Å². The molecule has 0 N–H and O–H groups in total. The van der Waals surface area contributed by atoms with Crippen LogP contribution in [0, 0.1) is 7.11 Å². The maximum absolute atomic E-state index is 10.4. The van der Waals surface area contributed by atoms with Gasteiger partial charge in [-0.3, -0.25) is 0 Å². The Morgan fingerprint density at radius 1 is 1.67 bits per heavy atom. The van der Waals surface area contributed by atoms with Gasteiger partial charge >= 0.3 is 71.7 Å². The molecule has 0 bridgehead atoms. The molecule has 0 heterocycles. The molecule has 0 amide bonds. The van der Waals surface area contributed by atoms with Crippen LogP contribution >= 0.6 is 0.883 Å². The van der Waals surface area contributed by atoms with Crippen molar-refractivity contribution in [3.63, 3.8) is 0 Å². The Bertz CT molecular complexity index is 75.6. The van der Waals surface area contributed by atoms with E-state index in [1.807, 2.05) is 0 Å². The minimum atomic E-state index is -2.09. The van der Waals surface area contributed by atoms with Crippen LogP contribution in [0.4, 0.5) is 0 Å². The van der Waals surface area contributed by atoms with E-state index in [1.54, 1.807) is 0 Å². The van der Waals surface area contributed by atoms with E-state index in [1.165, 1.54) is 0 Å². The van der Waals surface area contributed by atoms with Crippen LogP contribution in [-0.2, 0) is 9.09 Å². The summed E-state index contributed by atoms with van der Waals surface area (Å²) in [5.74, 6) is 0. The average molecular weight is 122 g/mol. The van der Waals surface area contributed by atoms with Crippen LogP contribution in [0.25, 0.3) is 0 Å². The van der Waals surface area contributed by atoms with E-state index < -0.39 is 0.883 Å². The Kier molecular flexibility index (Phi) is 4.45. The van der Waals surface area contributed by atoms with Gasteiger partial charge in [-0.2, -0.15) is 0 Å². The maximum atomic E-state index is 10.4. The Labute approximate surface area is 70.6 Å². The normalized spacial score (nSPS) is 12.2. The predicted octanol–water partition coefficient (Wildman–Crippen LogP) is 0.117. The van der Waals surface area contributed by atoms with Gasteiger partial charge in [-0.15, -0.1) is 0 Å². The molecule has 6 heavy (non-hydrogen) atoms. The first kappa shape index (κ1) is 8.19. The molecule has 0 aliphatic carbocycles. The zero-order valence-corrected chi connectivity index (χ0v) is 8.74. The summed E-state index contributed by atoms with van der Waals surface area (Å²) >= 11 is 1.20. The van der Waals surface area contributed by atoms with Gasteiger partial charge in [-0.1, -0.05) is 0 Å². The first-order chi connectivity index (χ1) is 2.56. The Hall–Kier alpha value is 2.19. The average Bonchev–Trinajstić information content (AvgIpc) is 1.35. The van der Waals surface area contributed by atoms with Crippen LogP contribution in [-0.4, -0.2) is 54.6 Å². The molecular formula is CHNa2O2P. The summed E-state index contributed by atoms with van der Waals surface area (Å²) in [5, 5.41) is 0. The molecule has 0 unspecified atom stereocenters. The van der Waals surface area contributed by atoms with Crippen molar-refractivity contribution in [2.45, 2.75) is 0 Å². The SMILES string of the molecule is [CH]O[P](=O)([Na])[Na]. The molecule has 0 aromatic carbocycles. The van der Waals surface area contributed by atoms with E-state index in [9.17, 15) is 4.57 Å². The fourth-order valence-electron chi connectivity index (χ4n) is 0. The van der Waals surface area contributed by atoms with Crippen LogP contribution in [0.15, 0.2) is 0 Å². The van der Waals surface area contributed by atoms with Crippen LogP contribution in [0.5, 0.6) is 0 Å². The number of hydrogen-bond acceptors (Lipinski definition) is 2. The zero-order chi connectivity index (χ0) is 5.21. The van der Waals surface area contributed by atoms with Crippen molar-refractivity contribution in [1.29, 1.82) is 0 Å². The van der Waals surface area contributed by atoms with Gasteiger partial charge in [-0.05, 0) is 0 Å². The van der Waals surface area contributed by atoms with Crippen LogP contribution in [0.1, 0.15) is 0 Å². The molecule has 2 radical (unpaired) electrons. The van der Waals surface area contributed by atoms with E-state index in [4.69, 9.17) is 0 Å². The van der Waals surface area contributed by atoms with Gasteiger partial charge in [0.05, 0.1) is 0 Å². The fraction of sp³-hybridized carbons (Fsp3) is 0. The van der Waals surface area contributed by atoms with Gasteiger partial charge in [0.2, 0.25) is 0 Å². The van der Waals surface area contributed by atoms with Crippen molar-refractivity contribution in [3.8, 4) is 0 Å². The molecule has 0 saturated heterocycles. The van der Waals surface area contributed by atoms with Crippen LogP contribution in [0.2, 0.25) is 0 Å². The molecule has 0 fully saturated rings. The van der Waals surface area contributed by atoms with Gasteiger partial charge in [0.25, 0.3) is 0 Å². The van der Waals surface area contributed by atoms with E-state index in [0.717, 1.165) is 0 Å². The Morgan fingerprint density at radius 2 is 1.83 bits per heavy atom. The summed E-state index contributed by atoms with van der Waals surface area (Å²) in [4.78, 5) is 0. The zero-order valence-electron chi connectivity index (χ0n) is 3.84. The molecular weight excluding hydrogens is 121 g/mol. The van der Waals surface area contributed by atoms with Crippen LogP contribution in [0.3, 0.4) is 0 Å². The first-order valence-corrected chi connectivity index (χ1v) is 9.38. The molecule has 0 aliphatic rings. The van der Waals surface area contributed by atoms with Gasteiger partial charge < -0.3 is 0 Å². The second-order valence-corrected chi connectivity index (χ2v) is 19.2.